The van der Waals surface area contributed by atoms with Crippen molar-refractivity contribution in [1.29, 1.82) is 5.26 Å². The summed E-state index contributed by atoms with van der Waals surface area (Å²) in [7, 11) is 0. The lowest BCUT2D eigenvalue weighted by molar-refractivity contribution is 0.867. The summed E-state index contributed by atoms with van der Waals surface area (Å²) in [5, 5.41) is 11.4. The monoisotopic (exact) mass is 124 g/mol. The Morgan fingerprint density at radius 2 is 2.11 bits per heavy atom. The first-order valence-corrected chi connectivity index (χ1v) is 3.03. The molecule has 0 saturated carbocycles. The highest BCUT2D eigenvalue weighted by atomic mass is 14.9. The van der Waals surface area contributed by atoms with Crippen LogP contribution >= 0.6 is 0 Å². The number of rotatable bonds is 2. The maximum atomic E-state index is 8.46. The highest BCUT2D eigenvalue weighted by molar-refractivity contribution is 5.23. The van der Waals surface area contributed by atoms with E-state index in [4.69, 9.17) is 5.26 Å². The van der Waals surface area contributed by atoms with E-state index in [0.717, 1.165) is 12.1 Å². The topological polar surface area (TPSA) is 35.8 Å². The fourth-order valence-corrected chi connectivity index (χ4v) is 0.505. The number of allylic oxidation sites excluding steroid dienone is 2. The van der Waals surface area contributed by atoms with Gasteiger partial charge in [0, 0.05) is 6.54 Å². The zero-order valence-electron chi connectivity index (χ0n) is 6.15. The Balaban J connectivity index is 4.04. The van der Waals surface area contributed by atoms with Gasteiger partial charge in [0.15, 0.2) is 0 Å². The fraction of sp³-hybridized carbons (Fsp3) is 0.571. The van der Waals surface area contributed by atoms with Crippen molar-refractivity contribution in [3.8, 4) is 6.07 Å². The second-order valence-corrected chi connectivity index (χ2v) is 2.02. The molecule has 1 N–H and O–H groups in total. The van der Waals surface area contributed by atoms with Crippen LogP contribution in [0.25, 0.3) is 0 Å². The predicted octanol–water partition coefficient (Wildman–Crippen LogP) is 1.41. The van der Waals surface area contributed by atoms with E-state index in [9.17, 15) is 0 Å². The van der Waals surface area contributed by atoms with Crippen LogP contribution in [0.2, 0.25) is 0 Å². The molecule has 0 fully saturated rings. The summed E-state index contributed by atoms with van der Waals surface area (Å²) in [4.78, 5) is 0. The van der Waals surface area contributed by atoms with Crippen molar-refractivity contribution in [1.82, 2.24) is 5.32 Å². The van der Waals surface area contributed by atoms with Gasteiger partial charge in [-0.15, -0.1) is 0 Å². The van der Waals surface area contributed by atoms with Crippen LogP contribution in [0, 0.1) is 11.3 Å². The lowest BCUT2D eigenvalue weighted by Gasteiger charge is -2.00. The van der Waals surface area contributed by atoms with Gasteiger partial charge in [0.25, 0.3) is 0 Å². The Bertz CT molecular complexity index is 147. The molecule has 0 aromatic heterocycles. The van der Waals surface area contributed by atoms with Crippen molar-refractivity contribution in [3.05, 3.63) is 11.3 Å². The van der Waals surface area contributed by atoms with E-state index in [1.165, 1.54) is 0 Å². The summed E-state index contributed by atoms with van der Waals surface area (Å²) in [5.41, 5.74) is 1.73. The van der Waals surface area contributed by atoms with Gasteiger partial charge in [0.2, 0.25) is 0 Å². The van der Waals surface area contributed by atoms with Gasteiger partial charge in [-0.3, -0.25) is 0 Å². The number of nitrogens with one attached hydrogen (secondary N) is 1. The Kier molecular flexibility index (Phi) is 3.54. The minimum absolute atomic E-state index is 0.692. The van der Waals surface area contributed by atoms with E-state index in [2.05, 4.69) is 11.4 Å². The summed E-state index contributed by atoms with van der Waals surface area (Å²) < 4.78 is 0. The van der Waals surface area contributed by atoms with Crippen LogP contribution in [0.1, 0.15) is 20.8 Å². The smallest absolute Gasteiger partial charge is 0.117 e. The molecule has 50 valence electrons. The molecule has 0 heterocycles. The van der Waals surface area contributed by atoms with Crippen molar-refractivity contribution in [2.75, 3.05) is 6.54 Å². The van der Waals surface area contributed by atoms with Gasteiger partial charge < -0.3 is 5.32 Å². The van der Waals surface area contributed by atoms with Crippen LogP contribution in [0.3, 0.4) is 0 Å². The Morgan fingerprint density at radius 1 is 1.56 bits per heavy atom. The molecule has 0 aliphatic carbocycles. The molecule has 0 aromatic carbocycles. The minimum Gasteiger partial charge on any atom is -0.377 e. The van der Waals surface area contributed by atoms with E-state index in [1.807, 2.05) is 20.8 Å². The SMILES string of the molecule is CCNC(C#N)=C(C)C. The van der Waals surface area contributed by atoms with E-state index in [-0.39, 0.29) is 0 Å². The maximum absolute atomic E-state index is 8.46. The molecule has 0 aliphatic heterocycles. The average molecular weight is 124 g/mol. The number of nitrogens with zero attached hydrogens (tertiary/aromatic N) is 1. The molecule has 0 aromatic rings. The van der Waals surface area contributed by atoms with E-state index < -0.39 is 0 Å². The van der Waals surface area contributed by atoms with Gasteiger partial charge in [0.05, 0.1) is 0 Å². The van der Waals surface area contributed by atoms with Gasteiger partial charge in [-0.1, -0.05) is 0 Å². The number of nitriles is 1. The molecular weight excluding hydrogens is 112 g/mol. The zero-order chi connectivity index (χ0) is 7.28. The first-order chi connectivity index (χ1) is 4.22. The van der Waals surface area contributed by atoms with Crippen molar-refractivity contribution in [2.24, 2.45) is 0 Å². The number of hydrogen-bond donors (Lipinski definition) is 1. The van der Waals surface area contributed by atoms with Gasteiger partial charge in [-0.2, -0.15) is 5.26 Å². The molecule has 0 spiro atoms. The molecule has 0 aliphatic rings. The molecule has 0 amide bonds. The zero-order valence-corrected chi connectivity index (χ0v) is 6.15. The minimum atomic E-state index is 0.692. The van der Waals surface area contributed by atoms with Crippen molar-refractivity contribution >= 4 is 0 Å². The van der Waals surface area contributed by atoms with E-state index in [0.29, 0.717) is 5.70 Å². The van der Waals surface area contributed by atoms with Crippen LogP contribution in [0.4, 0.5) is 0 Å². The molecule has 9 heavy (non-hydrogen) atoms. The predicted molar refractivity (Wildman–Crippen MR) is 37.7 cm³/mol. The number of hydrogen-bond acceptors (Lipinski definition) is 2. The standard InChI is InChI=1S/C7H12N2/c1-4-9-7(5-8)6(2)3/h9H,4H2,1-3H3. The quantitative estimate of drug-likeness (QED) is 0.565. The molecular formula is C7H12N2. The first-order valence-electron chi connectivity index (χ1n) is 3.03. The second-order valence-electron chi connectivity index (χ2n) is 2.02. The molecule has 0 unspecified atom stereocenters. The summed E-state index contributed by atoms with van der Waals surface area (Å²) in [5.74, 6) is 0. The third-order valence-corrected chi connectivity index (χ3v) is 0.965. The van der Waals surface area contributed by atoms with Gasteiger partial charge in [0.1, 0.15) is 11.8 Å². The van der Waals surface area contributed by atoms with Crippen LogP contribution in [-0.4, -0.2) is 6.54 Å². The maximum Gasteiger partial charge on any atom is 0.117 e. The van der Waals surface area contributed by atoms with Crippen molar-refractivity contribution in [3.63, 3.8) is 0 Å². The molecule has 2 nitrogen and oxygen atoms in total. The Hall–Kier alpha value is -0.970. The third-order valence-electron chi connectivity index (χ3n) is 0.965. The first kappa shape index (κ1) is 8.03. The van der Waals surface area contributed by atoms with Crippen LogP contribution in [0.15, 0.2) is 11.3 Å². The largest absolute Gasteiger partial charge is 0.377 e. The third kappa shape index (κ3) is 2.76. The molecule has 0 rings (SSSR count). The normalized spacial score (nSPS) is 7.78. The molecule has 0 bridgehead atoms. The highest BCUT2D eigenvalue weighted by Crippen LogP contribution is 1.95. The summed E-state index contributed by atoms with van der Waals surface area (Å²) in [6.45, 7) is 6.62. The Morgan fingerprint density at radius 3 is 2.22 bits per heavy atom. The second kappa shape index (κ2) is 3.96. The van der Waals surface area contributed by atoms with E-state index in [1.54, 1.807) is 0 Å². The fourth-order valence-electron chi connectivity index (χ4n) is 0.505. The Labute approximate surface area is 56.2 Å². The van der Waals surface area contributed by atoms with Gasteiger partial charge >= 0.3 is 0 Å². The molecule has 0 atom stereocenters. The van der Waals surface area contributed by atoms with Crippen LogP contribution < -0.4 is 5.32 Å². The van der Waals surface area contributed by atoms with Gasteiger partial charge in [-0.25, -0.2) is 0 Å². The summed E-state index contributed by atoms with van der Waals surface area (Å²) in [6, 6.07) is 2.07. The van der Waals surface area contributed by atoms with Crippen molar-refractivity contribution < 1.29 is 0 Å². The molecule has 2 heteroatoms. The molecule has 0 saturated heterocycles. The van der Waals surface area contributed by atoms with Gasteiger partial charge in [-0.05, 0) is 26.3 Å². The molecule has 0 radical (unpaired) electrons. The van der Waals surface area contributed by atoms with Crippen LogP contribution in [-0.2, 0) is 0 Å². The van der Waals surface area contributed by atoms with E-state index >= 15 is 0 Å². The summed E-state index contributed by atoms with van der Waals surface area (Å²) in [6.07, 6.45) is 0. The summed E-state index contributed by atoms with van der Waals surface area (Å²) >= 11 is 0. The lowest BCUT2D eigenvalue weighted by Crippen LogP contribution is -2.11. The van der Waals surface area contributed by atoms with Crippen molar-refractivity contribution in [2.45, 2.75) is 20.8 Å². The lowest BCUT2D eigenvalue weighted by atomic mass is 10.3. The van der Waals surface area contributed by atoms with Crippen LogP contribution in [0.5, 0.6) is 0 Å². The highest BCUT2D eigenvalue weighted by Gasteiger charge is 1.91. The average Bonchev–Trinajstić information content (AvgIpc) is 1.82.